The molecule has 2 aromatic carbocycles. The summed E-state index contributed by atoms with van der Waals surface area (Å²) < 4.78 is 16.9. The molecule has 0 fully saturated rings. The minimum absolute atomic E-state index is 0.321. The molecule has 0 atom stereocenters. The smallest absolute Gasteiger partial charge is 0.257 e. The summed E-state index contributed by atoms with van der Waals surface area (Å²) in [6, 6.07) is 12.8. The van der Waals surface area contributed by atoms with Gasteiger partial charge in [-0.25, -0.2) is 0 Å². The van der Waals surface area contributed by atoms with Crippen molar-refractivity contribution in [3.63, 3.8) is 0 Å². The van der Waals surface area contributed by atoms with Crippen LogP contribution in [0.3, 0.4) is 0 Å². The molecule has 164 valence electrons. The van der Waals surface area contributed by atoms with Crippen LogP contribution >= 0.6 is 23.1 Å². The lowest BCUT2D eigenvalue weighted by Crippen LogP contribution is -2.11. The predicted octanol–water partition coefficient (Wildman–Crippen LogP) is 4.46. The first kappa shape index (κ1) is 21.8. The molecule has 2 aromatic heterocycles. The molecule has 11 heteroatoms. The van der Waals surface area contributed by atoms with E-state index in [2.05, 4.69) is 25.7 Å². The van der Waals surface area contributed by atoms with Gasteiger partial charge in [-0.3, -0.25) is 10.1 Å². The van der Waals surface area contributed by atoms with Crippen LogP contribution < -0.4 is 14.8 Å². The van der Waals surface area contributed by atoms with Crippen molar-refractivity contribution in [3.8, 4) is 23.0 Å². The molecule has 0 saturated carbocycles. The zero-order valence-electron chi connectivity index (χ0n) is 17.5. The fourth-order valence-corrected chi connectivity index (χ4v) is 4.41. The van der Waals surface area contributed by atoms with Gasteiger partial charge in [-0.2, -0.15) is 0 Å². The standard InChI is InChI=1S/C21H19N5O4S2/c1-12-6-4-5-7-14(12)19-24-23-17(30-19)11-31-21-26-25-20(32-21)22-18(27)13-8-9-15(28-2)16(10-13)29-3/h4-10H,11H2,1-3H3,(H,22,25,27). The number of carbonyl (C=O) groups is 1. The van der Waals surface area contributed by atoms with Crippen molar-refractivity contribution in [1.29, 1.82) is 0 Å². The quantitative estimate of drug-likeness (QED) is 0.295. The topological polar surface area (TPSA) is 112 Å². The van der Waals surface area contributed by atoms with Gasteiger partial charge in [0.1, 0.15) is 0 Å². The molecule has 1 N–H and O–H groups in total. The predicted molar refractivity (Wildman–Crippen MR) is 121 cm³/mol. The van der Waals surface area contributed by atoms with Crippen molar-refractivity contribution in [2.75, 3.05) is 19.5 Å². The molecule has 0 bridgehead atoms. The van der Waals surface area contributed by atoms with Crippen LogP contribution in [0.25, 0.3) is 11.5 Å². The second-order valence-corrected chi connectivity index (χ2v) is 8.70. The molecule has 0 saturated heterocycles. The van der Waals surface area contributed by atoms with Crippen molar-refractivity contribution < 1.29 is 18.7 Å². The molecule has 1 amide bonds. The molecule has 0 spiro atoms. The molecular weight excluding hydrogens is 450 g/mol. The number of ether oxygens (including phenoxy) is 2. The largest absolute Gasteiger partial charge is 0.493 e. The van der Waals surface area contributed by atoms with Gasteiger partial charge < -0.3 is 13.9 Å². The Labute approximate surface area is 192 Å². The van der Waals surface area contributed by atoms with E-state index in [0.717, 1.165) is 11.1 Å². The molecule has 0 unspecified atom stereocenters. The van der Waals surface area contributed by atoms with Gasteiger partial charge in [-0.15, -0.1) is 20.4 Å². The number of amides is 1. The number of hydrogen-bond donors (Lipinski definition) is 1. The second-order valence-electron chi connectivity index (χ2n) is 6.50. The highest BCUT2D eigenvalue weighted by atomic mass is 32.2. The lowest BCUT2D eigenvalue weighted by Gasteiger charge is -2.08. The Balaban J connectivity index is 1.36. The highest BCUT2D eigenvalue weighted by Gasteiger charge is 2.15. The first-order valence-corrected chi connectivity index (χ1v) is 11.3. The number of hydrogen-bond acceptors (Lipinski definition) is 10. The Kier molecular flexibility index (Phi) is 6.66. The minimum atomic E-state index is -0.321. The molecule has 4 rings (SSSR count). The third-order valence-corrected chi connectivity index (χ3v) is 6.39. The van der Waals surface area contributed by atoms with Crippen LogP contribution in [0.1, 0.15) is 21.8 Å². The zero-order valence-corrected chi connectivity index (χ0v) is 19.1. The van der Waals surface area contributed by atoms with E-state index in [1.165, 1.54) is 37.3 Å². The van der Waals surface area contributed by atoms with Gasteiger partial charge >= 0.3 is 0 Å². The van der Waals surface area contributed by atoms with E-state index in [-0.39, 0.29) is 5.91 Å². The summed E-state index contributed by atoms with van der Waals surface area (Å²) in [4.78, 5) is 12.5. The van der Waals surface area contributed by atoms with E-state index in [9.17, 15) is 4.79 Å². The Morgan fingerprint density at radius 1 is 1.06 bits per heavy atom. The lowest BCUT2D eigenvalue weighted by atomic mass is 10.1. The second kappa shape index (κ2) is 9.79. The summed E-state index contributed by atoms with van der Waals surface area (Å²) in [5, 5.41) is 19.5. The SMILES string of the molecule is COc1ccc(C(=O)Nc2nnc(SCc3nnc(-c4ccccc4C)o3)s2)cc1OC. The highest BCUT2D eigenvalue weighted by Crippen LogP contribution is 2.31. The van der Waals surface area contributed by atoms with Crippen molar-refractivity contribution in [2.45, 2.75) is 17.0 Å². The molecule has 32 heavy (non-hydrogen) atoms. The fourth-order valence-electron chi connectivity index (χ4n) is 2.82. The molecule has 0 aliphatic heterocycles. The van der Waals surface area contributed by atoms with Crippen molar-refractivity contribution in [1.82, 2.24) is 20.4 Å². The van der Waals surface area contributed by atoms with Crippen molar-refractivity contribution in [2.24, 2.45) is 0 Å². The third-order valence-electron chi connectivity index (χ3n) is 4.43. The number of carbonyl (C=O) groups excluding carboxylic acids is 1. The van der Waals surface area contributed by atoms with Crippen LogP contribution in [0.4, 0.5) is 5.13 Å². The van der Waals surface area contributed by atoms with E-state index in [4.69, 9.17) is 13.9 Å². The van der Waals surface area contributed by atoms with Crippen molar-refractivity contribution in [3.05, 3.63) is 59.5 Å². The fraction of sp³-hybridized carbons (Fsp3) is 0.190. The first-order chi connectivity index (χ1) is 15.6. The van der Waals surface area contributed by atoms with Crippen LogP contribution in [0.15, 0.2) is 51.2 Å². The normalized spacial score (nSPS) is 10.7. The van der Waals surface area contributed by atoms with E-state index < -0.39 is 0 Å². The van der Waals surface area contributed by atoms with Crippen LogP contribution in [-0.4, -0.2) is 40.5 Å². The third kappa shape index (κ3) is 4.89. The maximum absolute atomic E-state index is 12.5. The number of aromatic nitrogens is 4. The first-order valence-electron chi connectivity index (χ1n) is 9.45. The van der Waals surface area contributed by atoms with E-state index >= 15 is 0 Å². The Hall–Kier alpha value is -3.44. The molecule has 9 nitrogen and oxygen atoms in total. The van der Waals surface area contributed by atoms with Crippen LogP contribution in [0.5, 0.6) is 11.5 Å². The summed E-state index contributed by atoms with van der Waals surface area (Å²) in [7, 11) is 3.05. The molecule has 0 aliphatic carbocycles. The number of nitrogens with one attached hydrogen (secondary N) is 1. The summed E-state index contributed by atoms with van der Waals surface area (Å²) in [6.07, 6.45) is 0. The maximum atomic E-state index is 12.5. The van der Waals surface area contributed by atoms with Gasteiger partial charge in [-0.1, -0.05) is 41.3 Å². The summed E-state index contributed by atoms with van der Waals surface area (Å²) in [6.45, 7) is 1.99. The molecule has 2 heterocycles. The minimum Gasteiger partial charge on any atom is -0.493 e. The number of anilines is 1. The monoisotopic (exact) mass is 469 g/mol. The van der Waals surface area contributed by atoms with Gasteiger partial charge in [0, 0.05) is 11.1 Å². The van der Waals surface area contributed by atoms with Gasteiger partial charge in [0.15, 0.2) is 15.8 Å². The van der Waals surface area contributed by atoms with Crippen LogP contribution in [0.2, 0.25) is 0 Å². The van der Waals surface area contributed by atoms with E-state index in [1.54, 1.807) is 18.2 Å². The molecule has 0 radical (unpaired) electrons. The number of nitrogens with zero attached hydrogens (tertiary/aromatic N) is 4. The van der Waals surface area contributed by atoms with Gasteiger partial charge in [0.25, 0.3) is 5.91 Å². The zero-order chi connectivity index (χ0) is 22.5. The Morgan fingerprint density at radius 2 is 1.88 bits per heavy atom. The molecule has 0 aliphatic rings. The van der Waals surface area contributed by atoms with Crippen LogP contribution in [-0.2, 0) is 5.75 Å². The number of methoxy groups -OCH3 is 2. The summed E-state index contributed by atoms with van der Waals surface area (Å²) >= 11 is 2.66. The number of aryl methyl sites for hydroxylation is 1. The number of rotatable bonds is 8. The van der Waals surface area contributed by atoms with Gasteiger partial charge in [0.2, 0.25) is 16.9 Å². The van der Waals surface area contributed by atoms with Crippen LogP contribution in [0, 0.1) is 6.92 Å². The van der Waals surface area contributed by atoms with Crippen molar-refractivity contribution >= 4 is 34.1 Å². The van der Waals surface area contributed by atoms with E-state index in [0.29, 0.717) is 44.1 Å². The Morgan fingerprint density at radius 3 is 2.66 bits per heavy atom. The summed E-state index contributed by atoms with van der Waals surface area (Å²) in [5.41, 5.74) is 2.39. The average molecular weight is 470 g/mol. The van der Waals surface area contributed by atoms with Gasteiger partial charge in [-0.05, 0) is 36.8 Å². The average Bonchev–Trinajstić information content (AvgIpc) is 3.47. The maximum Gasteiger partial charge on any atom is 0.257 e. The molecular formula is C21H19N5O4S2. The Bertz CT molecular complexity index is 1240. The highest BCUT2D eigenvalue weighted by molar-refractivity contribution is 8.00. The molecule has 4 aromatic rings. The lowest BCUT2D eigenvalue weighted by molar-refractivity contribution is 0.102. The van der Waals surface area contributed by atoms with E-state index in [1.807, 2.05) is 31.2 Å². The number of benzene rings is 2. The summed E-state index contributed by atoms with van der Waals surface area (Å²) in [5.74, 6) is 2.11. The van der Waals surface area contributed by atoms with Gasteiger partial charge in [0.05, 0.1) is 20.0 Å². The number of thioether (sulfide) groups is 1.